The van der Waals surface area contributed by atoms with Gasteiger partial charge in [0.05, 0.1) is 0 Å². The Morgan fingerprint density at radius 3 is 2.50 bits per heavy atom. The van der Waals surface area contributed by atoms with Crippen LogP contribution in [0.4, 0.5) is 11.6 Å². The number of rotatable bonds is 6. The molecule has 2 heterocycles. The molecule has 3 rings (SSSR count). The first-order valence-corrected chi connectivity index (χ1v) is 7.42. The summed E-state index contributed by atoms with van der Waals surface area (Å²) in [4.78, 5) is 36.9. The molecule has 3 aromatic rings. The molecule has 1 aromatic carbocycles. The van der Waals surface area contributed by atoms with Gasteiger partial charge in [0.25, 0.3) is 5.91 Å². The van der Waals surface area contributed by atoms with Gasteiger partial charge in [-0.15, -0.1) is 0 Å². The van der Waals surface area contributed by atoms with Crippen molar-refractivity contribution in [1.29, 1.82) is 0 Å². The SMILES string of the molecule is CC(=O)c1ccc(NC(=O)c2ccn(Cn3cnc([N+](=O)[O-])n3)n2)cc1. The zero-order valence-electron chi connectivity index (χ0n) is 13.6. The first-order valence-electron chi connectivity index (χ1n) is 7.42. The van der Waals surface area contributed by atoms with Crippen LogP contribution in [0, 0.1) is 10.1 Å². The predicted octanol–water partition coefficient (Wildman–Crippen LogP) is 1.34. The van der Waals surface area contributed by atoms with Gasteiger partial charge < -0.3 is 15.4 Å². The number of hydrogen-bond acceptors (Lipinski definition) is 7. The maximum atomic E-state index is 12.2. The quantitative estimate of drug-likeness (QED) is 0.400. The molecule has 0 unspecified atom stereocenters. The molecule has 0 aliphatic heterocycles. The van der Waals surface area contributed by atoms with Crippen molar-refractivity contribution in [1.82, 2.24) is 24.5 Å². The second kappa shape index (κ2) is 6.93. The lowest BCUT2D eigenvalue weighted by Crippen LogP contribution is -2.15. The first kappa shape index (κ1) is 17.0. The van der Waals surface area contributed by atoms with Gasteiger partial charge in [0, 0.05) is 22.5 Å². The van der Waals surface area contributed by atoms with Crippen LogP contribution in [-0.4, -0.2) is 41.2 Å². The number of amides is 1. The molecule has 132 valence electrons. The van der Waals surface area contributed by atoms with Gasteiger partial charge in [-0.25, -0.2) is 4.68 Å². The fourth-order valence-corrected chi connectivity index (χ4v) is 2.13. The maximum absolute atomic E-state index is 12.2. The Morgan fingerprint density at radius 2 is 1.88 bits per heavy atom. The number of carbonyl (C=O) groups excluding carboxylic acids is 2. The highest BCUT2D eigenvalue weighted by atomic mass is 16.6. The number of nitrogens with zero attached hydrogens (tertiary/aromatic N) is 6. The van der Waals surface area contributed by atoms with Gasteiger partial charge in [0.2, 0.25) is 6.33 Å². The summed E-state index contributed by atoms with van der Waals surface area (Å²) in [6.07, 6.45) is 2.75. The lowest BCUT2D eigenvalue weighted by Gasteiger charge is -2.04. The van der Waals surface area contributed by atoms with E-state index in [2.05, 4.69) is 20.5 Å². The molecule has 0 fully saturated rings. The lowest BCUT2D eigenvalue weighted by atomic mass is 10.1. The highest BCUT2D eigenvalue weighted by molar-refractivity contribution is 6.03. The monoisotopic (exact) mass is 355 g/mol. The third-order valence-corrected chi connectivity index (χ3v) is 3.40. The van der Waals surface area contributed by atoms with Crippen molar-refractivity contribution in [3.63, 3.8) is 0 Å². The van der Waals surface area contributed by atoms with Crippen LogP contribution >= 0.6 is 0 Å². The summed E-state index contributed by atoms with van der Waals surface area (Å²) in [5.41, 5.74) is 1.24. The number of nitrogens with one attached hydrogen (secondary N) is 1. The zero-order valence-corrected chi connectivity index (χ0v) is 13.6. The van der Waals surface area contributed by atoms with Crippen molar-refractivity contribution in [3.8, 4) is 0 Å². The van der Waals surface area contributed by atoms with Crippen molar-refractivity contribution in [2.45, 2.75) is 13.6 Å². The van der Waals surface area contributed by atoms with Gasteiger partial charge in [0.15, 0.2) is 18.1 Å². The first-order chi connectivity index (χ1) is 12.4. The normalized spacial score (nSPS) is 10.5. The second-order valence-corrected chi connectivity index (χ2v) is 5.31. The molecule has 0 radical (unpaired) electrons. The average molecular weight is 355 g/mol. The molecule has 0 bridgehead atoms. The Hall–Kier alpha value is -3.89. The number of aromatic nitrogens is 5. The summed E-state index contributed by atoms with van der Waals surface area (Å²) in [5, 5.41) is 21.0. The van der Waals surface area contributed by atoms with E-state index in [1.807, 2.05) is 0 Å². The van der Waals surface area contributed by atoms with Gasteiger partial charge in [-0.05, 0) is 42.2 Å². The number of ketones is 1. The summed E-state index contributed by atoms with van der Waals surface area (Å²) in [6.45, 7) is 1.53. The smallest absolute Gasteiger partial charge is 0.390 e. The Morgan fingerprint density at radius 1 is 1.15 bits per heavy atom. The number of anilines is 1. The van der Waals surface area contributed by atoms with Gasteiger partial charge in [-0.3, -0.25) is 9.59 Å². The molecule has 0 atom stereocenters. The molecule has 0 aliphatic carbocycles. The molecular weight excluding hydrogens is 342 g/mol. The largest absolute Gasteiger partial charge is 0.491 e. The number of benzene rings is 1. The average Bonchev–Trinajstić information content (AvgIpc) is 3.25. The van der Waals surface area contributed by atoms with E-state index in [9.17, 15) is 19.7 Å². The van der Waals surface area contributed by atoms with Crippen LogP contribution in [0.5, 0.6) is 0 Å². The Labute approximate surface area is 146 Å². The molecule has 2 aromatic heterocycles. The standard InChI is InChI=1S/C15H13N7O4/c1-10(23)11-2-4-12(5-3-11)17-14(24)13-6-7-20(18-13)9-21-8-16-15(19-21)22(25)26/h2-8H,9H2,1H3,(H,17,24). The van der Waals surface area contributed by atoms with E-state index < -0.39 is 16.8 Å². The maximum Gasteiger partial charge on any atom is 0.491 e. The van der Waals surface area contributed by atoms with E-state index in [4.69, 9.17) is 0 Å². The number of nitro groups is 1. The second-order valence-electron chi connectivity index (χ2n) is 5.31. The highest BCUT2D eigenvalue weighted by Gasteiger charge is 2.15. The van der Waals surface area contributed by atoms with Gasteiger partial charge in [-0.2, -0.15) is 9.78 Å². The minimum atomic E-state index is -0.699. The van der Waals surface area contributed by atoms with Crippen LogP contribution in [-0.2, 0) is 6.67 Å². The van der Waals surface area contributed by atoms with Crippen molar-refractivity contribution in [3.05, 3.63) is 64.2 Å². The van der Waals surface area contributed by atoms with Gasteiger partial charge >= 0.3 is 5.95 Å². The van der Waals surface area contributed by atoms with Crippen LogP contribution in [0.15, 0.2) is 42.9 Å². The van der Waals surface area contributed by atoms with Crippen LogP contribution in [0.1, 0.15) is 27.8 Å². The highest BCUT2D eigenvalue weighted by Crippen LogP contribution is 2.11. The molecule has 0 saturated carbocycles. The van der Waals surface area contributed by atoms with E-state index in [1.54, 1.807) is 30.5 Å². The summed E-state index contributed by atoms with van der Waals surface area (Å²) >= 11 is 0. The molecule has 1 N–H and O–H groups in total. The van der Waals surface area contributed by atoms with Crippen molar-refractivity contribution in [2.24, 2.45) is 0 Å². The van der Waals surface area contributed by atoms with E-state index in [0.717, 1.165) is 0 Å². The Bertz CT molecular complexity index is 974. The fraction of sp³-hybridized carbons (Fsp3) is 0.133. The van der Waals surface area contributed by atoms with Crippen LogP contribution in [0.25, 0.3) is 0 Å². The third kappa shape index (κ3) is 3.77. The zero-order chi connectivity index (χ0) is 18.7. The number of Topliss-reactive ketones (excluding diaryl/α,β-unsaturated/α-hetero) is 1. The molecule has 1 amide bonds. The topological polar surface area (TPSA) is 138 Å². The van der Waals surface area contributed by atoms with Crippen molar-refractivity contribution < 1.29 is 14.5 Å². The molecule has 0 aliphatic rings. The van der Waals surface area contributed by atoms with E-state index >= 15 is 0 Å². The predicted molar refractivity (Wildman–Crippen MR) is 88.7 cm³/mol. The number of hydrogen-bond donors (Lipinski definition) is 1. The van der Waals surface area contributed by atoms with Gasteiger partial charge in [0.1, 0.15) is 0 Å². The molecule has 11 nitrogen and oxygen atoms in total. The molecule has 11 heteroatoms. The Kier molecular flexibility index (Phi) is 4.51. The van der Waals surface area contributed by atoms with Crippen LogP contribution in [0.2, 0.25) is 0 Å². The number of carbonyl (C=O) groups is 2. The summed E-state index contributed by atoms with van der Waals surface area (Å²) < 4.78 is 2.62. The van der Waals surface area contributed by atoms with Crippen LogP contribution < -0.4 is 5.32 Å². The molecule has 0 spiro atoms. The van der Waals surface area contributed by atoms with Crippen LogP contribution in [0.3, 0.4) is 0 Å². The minimum Gasteiger partial charge on any atom is -0.390 e. The van der Waals surface area contributed by atoms with E-state index in [1.165, 1.54) is 28.7 Å². The van der Waals surface area contributed by atoms with E-state index in [-0.39, 0.29) is 18.1 Å². The van der Waals surface area contributed by atoms with Crippen molar-refractivity contribution in [2.75, 3.05) is 5.32 Å². The van der Waals surface area contributed by atoms with Gasteiger partial charge in [-0.1, -0.05) is 4.98 Å². The van der Waals surface area contributed by atoms with E-state index in [0.29, 0.717) is 11.3 Å². The summed E-state index contributed by atoms with van der Waals surface area (Å²) in [6, 6.07) is 7.99. The lowest BCUT2D eigenvalue weighted by molar-refractivity contribution is -0.394. The Balaban J connectivity index is 1.65. The molecule has 26 heavy (non-hydrogen) atoms. The fourth-order valence-electron chi connectivity index (χ4n) is 2.13. The summed E-state index contributed by atoms with van der Waals surface area (Å²) in [5.74, 6) is -0.997. The molecular formula is C15H13N7O4. The summed E-state index contributed by atoms with van der Waals surface area (Å²) in [7, 11) is 0. The third-order valence-electron chi connectivity index (χ3n) is 3.40. The van der Waals surface area contributed by atoms with Crippen molar-refractivity contribution >= 4 is 23.3 Å². The minimum absolute atomic E-state index is 0.0602. The molecule has 0 saturated heterocycles.